The van der Waals surface area contributed by atoms with Gasteiger partial charge in [0.1, 0.15) is 11.0 Å². The maximum Gasteiger partial charge on any atom is 0.292 e. The molecule has 0 saturated heterocycles. The molecule has 41 heavy (non-hydrogen) atoms. The van der Waals surface area contributed by atoms with Crippen molar-refractivity contribution in [2.75, 3.05) is 31.7 Å². The van der Waals surface area contributed by atoms with Gasteiger partial charge in [0, 0.05) is 42.6 Å². The Balaban J connectivity index is 1.51. The first-order valence-corrected chi connectivity index (χ1v) is 16.9. The van der Waals surface area contributed by atoms with Gasteiger partial charge in [-0.15, -0.1) is 0 Å². The normalized spacial score (nSPS) is 30.8. The summed E-state index contributed by atoms with van der Waals surface area (Å²) < 4.78 is 28.4. The highest BCUT2D eigenvalue weighted by atomic mass is 35.5. The number of nitrogens with one attached hydrogen (secondary N) is 1. The second kappa shape index (κ2) is 13.6. The van der Waals surface area contributed by atoms with Crippen LogP contribution in [0.3, 0.4) is 0 Å². The first-order valence-electron chi connectivity index (χ1n) is 15.3. The molecule has 6 nitrogen and oxygen atoms in total. The van der Waals surface area contributed by atoms with Crippen molar-refractivity contribution in [3.63, 3.8) is 0 Å². The molecule has 2 aromatic carbocycles. The molecule has 2 bridgehead atoms. The first kappa shape index (κ1) is 30.5. The fourth-order valence-corrected chi connectivity index (χ4v) is 8.12. The van der Waals surface area contributed by atoms with Gasteiger partial charge in [-0.3, -0.25) is 4.79 Å². The largest absolute Gasteiger partial charge is 0.593 e. The molecule has 1 saturated carbocycles. The van der Waals surface area contributed by atoms with Crippen LogP contribution in [-0.4, -0.2) is 48.6 Å². The second-order valence-corrected chi connectivity index (χ2v) is 14.3. The Morgan fingerprint density at radius 1 is 1.12 bits per heavy atom. The van der Waals surface area contributed by atoms with Crippen molar-refractivity contribution in [1.29, 1.82) is 0 Å². The van der Waals surface area contributed by atoms with Gasteiger partial charge in [0.25, 0.3) is 5.91 Å². The van der Waals surface area contributed by atoms with Crippen molar-refractivity contribution in [2.24, 2.45) is 17.8 Å². The molecule has 7 unspecified atom stereocenters. The Morgan fingerprint density at radius 3 is 2.68 bits per heavy atom. The summed E-state index contributed by atoms with van der Waals surface area (Å²) in [6.45, 7) is 8.53. The lowest BCUT2D eigenvalue weighted by molar-refractivity contribution is -0.0222. The highest BCUT2D eigenvalue weighted by Crippen LogP contribution is 2.44. The predicted molar refractivity (Wildman–Crippen MR) is 167 cm³/mol. The molecule has 0 radical (unpaired) electrons. The lowest BCUT2D eigenvalue weighted by atomic mass is 9.69. The average Bonchev–Trinajstić information content (AvgIpc) is 3.13. The number of carbonyl (C=O) groups excluding carboxylic acids is 1. The molecule has 1 amide bonds. The van der Waals surface area contributed by atoms with Crippen LogP contribution in [0.5, 0.6) is 5.75 Å². The van der Waals surface area contributed by atoms with E-state index in [4.69, 9.17) is 21.1 Å². The number of fused-ring (bicyclic) bond motifs is 2. The number of carbonyl (C=O) groups is 1. The van der Waals surface area contributed by atoms with E-state index >= 15 is 0 Å². The third kappa shape index (κ3) is 6.84. The summed E-state index contributed by atoms with van der Waals surface area (Å²) in [7, 11) is 1.85. The molecule has 2 aliphatic heterocycles. The Bertz CT molecular complexity index is 1210. The Labute approximate surface area is 253 Å². The highest BCUT2D eigenvalue weighted by molar-refractivity contribution is 7.90. The van der Waals surface area contributed by atoms with E-state index in [1.807, 2.05) is 32.2 Å². The van der Waals surface area contributed by atoms with Gasteiger partial charge in [0.15, 0.2) is 0 Å². The number of benzene rings is 2. The minimum Gasteiger partial charge on any atom is -0.593 e. The highest BCUT2D eigenvalue weighted by Gasteiger charge is 2.40. The number of ether oxygens (including phenoxy) is 2. The van der Waals surface area contributed by atoms with E-state index in [-0.39, 0.29) is 29.1 Å². The molecule has 5 rings (SSSR count). The molecule has 3 aliphatic rings. The number of hydrogen-bond acceptors (Lipinski definition) is 5. The number of aryl methyl sites for hydroxylation is 1. The molecule has 1 aliphatic carbocycles. The van der Waals surface area contributed by atoms with Gasteiger partial charge in [0.2, 0.25) is 0 Å². The van der Waals surface area contributed by atoms with Crippen molar-refractivity contribution in [2.45, 2.75) is 83.0 Å². The minimum absolute atomic E-state index is 0.137. The molecule has 7 atom stereocenters. The molecular weight excluding hydrogens is 556 g/mol. The van der Waals surface area contributed by atoms with Gasteiger partial charge < -0.3 is 18.9 Å². The molecule has 0 spiro atoms. The Hall–Kier alpha value is -1.93. The zero-order chi connectivity index (χ0) is 29.1. The van der Waals surface area contributed by atoms with Gasteiger partial charge in [-0.2, -0.15) is 4.72 Å². The summed E-state index contributed by atoms with van der Waals surface area (Å²) in [6.07, 6.45) is 7.60. The number of methoxy groups -OCH3 is 1. The Morgan fingerprint density at radius 2 is 1.95 bits per heavy atom. The van der Waals surface area contributed by atoms with E-state index in [0.717, 1.165) is 61.7 Å². The standard InChI is InChI=1S/C33H45ClN2O4S/c1-5-7-23-16-27(34)12-14-28(23)26-19-36-18-25-10-13-29(25)31(39-4)9-6-8-21(2)22(3)41(38)35-33(37)24-11-15-32(40-20-26)30(36)17-24/h11-12,14-17,21-22,25-26,29,31H,5-10,13,18-20H2,1-4H3,(H,35,37). The van der Waals surface area contributed by atoms with Crippen LogP contribution < -0.4 is 14.4 Å². The molecule has 2 aromatic rings. The van der Waals surface area contributed by atoms with E-state index in [1.54, 1.807) is 6.07 Å². The summed E-state index contributed by atoms with van der Waals surface area (Å²) in [5.74, 6) is 1.91. The van der Waals surface area contributed by atoms with E-state index in [1.165, 1.54) is 24.0 Å². The molecule has 1 N–H and O–H groups in total. The average molecular weight is 601 g/mol. The van der Waals surface area contributed by atoms with Crippen LogP contribution in [0.15, 0.2) is 36.4 Å². The monoisotopic (exact) mass is 600 g/mol. The van der Waals surface area contributed by atoms with Crippen molar-refractivity contribution >= 4 is 34.6 Å². The SMILES string of the molecule is CCCc1cc(Cl)ccc1C1COc2ccc3cc2N(C1)CC1CCC1C(OC)CCCC(C)C(C)[S+]([O-])NC3=O. The summed E-state index contributed by atoms with van der Waals surface area (Å²) in [6, 6.07) is 11.9. The van der Waals surface area contributed by atoms with Crippen LogP contribution in [0.25, 0.3) is 0 Å². The maximum atomic E-state index is 13.3. The fraction of sp³-hybridized carbons (Fsp3) is 0.606. The quantitative estimate of drug-likeness (QED) is 0.386. The van der Waals surface area contributed by atoms with Crippen molar-refractivity contribution < 1.29 is 18.8 Å². The van der Waals surface area contributed by atoms with E-state index in [9.17, 15) is 9.35 Å². The zero-order valence-corrected chi connectivity index (χ0v) is 26.4. The van der Waals surface area contributed by atoms with Gasteiger partial charge in [-0.1, -0.05) is 44.4 Å². The smallest absolute Gasteiger partial charge is 0.292 e. The van der Waals surface area contributed by atoms with Crippen LogP contribution in [0.1, 0.15) is 86.7 Å². The number of halogens is 1. The number of rotatable bonds is 4. The van der Waals surface area contributed by atoms with Crippen LogP contribution >= 0.6 is 11.6 Å². The number of anilines is 1. The lowest BCUT2D eigenvalue weighted by Crippen LogP contribution is -2.45. The predicted octanol–water partition coefficient (Wildman–Crippen LogP) is 6.92. The lowest BCUT2D eigenvalue weighted by Gasteiger charge is -2.44. The molecule has 0 aromatic heterocycles. The van der Waals surface area contributed by atoms with Crippen molar-refractivity contribution in [1.82, 2.24) is 4.72 Å². The summed E-state index contributed by atoms with van der Waals surface area (Å²) in [5.41, 5.74) is 4.01. The molecule has 2 heterocycles. The molecule has 224 valence electrons. The first-order chi connectivity index (χ1) is 19.8. The van der Waals surface area contributed by atoms with E-state index in [0.29, 0.717) is 24.0 Å². The fourth-order valence-electron chi connectivity index (χ4n) is 6.89. The summed E-state index contributed by atoms with van der Waals surface area (Å²) in [5, 5.41) is 0.627. The van der Waals surface area contributed by atoms with Crippen LogP contribution in [0.2, 0.25) is 5.02 Å². The maximum absolute atomic E-state index is 13.3. The van der Waals surface area contributed by atoms with Crippen molar-refractivity contribution in [3.8, 4) is 5.75 Å². The van der Waals surface area contributed by atoms with Crippen LogP contribution in [0.4, 0.5) is 5.69 Å². The summed E-state index contributed by atoms with van der Waals surface area (Å²) in [4.78, 5) is 15.7. The minimum atomic E-state index is -1.47. The third-order valence-electron chi connectivity index (χ3n) is 9.70. The van der Waals surface area contributed by atoms with E-state index in [2.05, 4.69) is 35.6 Å². The van der Waals surface area contributed by atoms with Gasteiger partial charge in [0.05, 0.1) is 29.8 Å². The van der Waals surface area contributed by atoms with Crippen LogP contribution in [0, 0.1) is 17.8 Å². The number of amides is 1. The van der Waals surface area contributed by atoms with Crippen molar-refractivity contribution in [3.05, 3.63) is 58.1 Å². The van der Waals surface area contributed by atoms with Gasteiger partial charge in [-0.25, -0.2) is 0 Å². The zero-order valence-electron chi connectivity index (χ0n) is 24.9. The number of hydrogen-bond donors (Lipinski definition) is 1. The topological polar surface area (TPSA) is 73.9 Å². The molecule has 1 fully saturated rings. The van der Waals surface area contributed by atoms with E-state index < -0.39 is 11.4 Å². The van der Waals surface area contributed by atoms with Gasteiger partial charge >= 0.3 is 0 Å². The third-order valence-corrected chi connectivity index (χ3v) is 11.5. The van der Waals surface area contributed by atoms with Gasteiger partial charge in [-0.05, 0) is 92.3 Å². The summed E-state index contributed by atoms with van der Waals surface area (Å²) >= 11 is 4.94. The molecule has 8 heteroatoms. The number of nitrogens with zero attached hydrogens (tertiary/aromatic N) is 1. The molecular formula is C33H45ClN2O4S. The van der Waals surface area contributed by atoms with Crippen LogP contribution in [-0.2, 0) is 22.5 Å². The second-order valence-electron chi connectivity index (χ2n) is 12.3. The Kier molecular flexibility index (Phi) is 10.1.